The van der Waals surface area contributed by atoms with Gasteiger partial charge in [0.25, 0.3) is 5.56 Å². The monoisotopic (exact) mass is 332 g/mol. The summed E-state index contributed by atoms with van der Waals surface area (Å²) in [7, 11) is 0. The maximum atomic E-state index is 12.7. The van der Waals surface area contributed by atoms with Gasteiger partial charge in [-0.1, -0.05) is 54.1 Å². The van der Waals surface area contributed by atoms with Gasteiger partial charge in [-0.25, -0.2) is 4.98 Å². The summed E-state index contributed by atoms with van der Waals surface area (Å²) in [6, 6.07) is 16.1. The molecule has 0 unspecified atom stereocenters. The number of fused-ring (bicyclic) bond motifs is 1. The third kappa shape index (κ3) is 2.45. The van der Waals surface area contributed by atoms with E-state index in [0.29, 0.717) is 11.2 Å². The molecule has 0 fully saturated rings. The van der Waals surface area contributed by atoms with Crippen molar-refractivity contribution in [1.82, 2.24) is 9.97 Å². The number of H-pyrrole nitrogens is 1. The normalized spacial score (nSPS) is 11.1. The molecule has 0 saturated carbocycles. The number of hydrogen-bond donors (Lipinski definition) is 1. The number of aryl methyl sites for hydroxylation is 2. The zero-order valence-electron chi connectivity index (χ0n) is 13.5. The molecule has 24 heavy (non-hydrogen) atoms. The summed E-state index contributed by atoms with van der Waals surface area (Å²) < 4.78 is 0. The van der Waals surface area contributed by atoms with Crippen LogP contribution in [0.3, 0.4) is 0 Å². The topological polar surface area (TPSA) is 45.8 Å². The zero-order chi connectivity index (χ0) is 16.7. The number of aromatic nitrogens is 2. The van der Waals surface area contributed by atoms with E-state index in [-0.39, 0.29) is 5.56 Å². The molecule has 2 heterocycles. The Balaban J connectivity index is 1.92. The van der Waals surface area contributed by atoms with Gasteiger partial charge < -0.3 is 4.98 Å². The summed E-state index contributed by atoms with van der Waals surface area (Å²) in [5, 5.41) is 2.68. The van der Waals surface area contributed by atoms with Crippen molar-refractivity contribution >= 4 is 21.6 Å². The highest BCUT2D eigenvalue weighted by atomic mass is 32.1. The van der Waals surface area contributed by atoms with E-state index >= 15 is 0 Å². The van der Waals surface area contributed by atoms with E-state index in [2.05, 4.69) is 24.0 Å². The molecule has 0 saturated heterocycles. The molecule has 2 aromatic carbocycles. The second kappa shape index (κ2) is 5.73. The summed E-state index contributed by atoms with van der Waals surface area (Å²) in [4.78, 5) is 21.1. The summed E-state index contributed by atoms with van der Waals surface area (Å²) >= 11 is 1.51. The Bertz CT molecular complexity index is 1090. The van der Waals surface area contributed by atoms with E-state index in [1.165, 1.54) is 16.9 Å². The molecule has 2 aromatic heterocycles. The summed E-state index contributed by atoms with van der Waals surface area (Å²) in [5.74, 6) is 0.628. The Morgan fingerprint density at radius 2 is 1.71 bits per heavy atom. The summed E-state index contributed by atoms with van der Waals surface area (Å²) in [6.07, 6.45) is 0. The lowest BCUT2D eigenvalue weighted by Gasteiger charge is -2.05. The van der Waals surface area contributed by atoms with Gasteiger partial charge in [-0.05, 0) is 25.0 Å². The van der Waals surface area contributed by atoms with Crippen LogP contribution in [0.4, 0.5) is 0 Å². The Morgan fingerprint density at radius 1 is 0.958 bits per heavy atom. The first-order valence-corrected chi connectivity index (χ1v) is 8.66. The fourth-order valence-corrected chi connectivity index (χ4v) is 3.81. The van der Waals surface area contributed by atoms with Gasteiger partial charge in [0.15, 0.2) is 0 Å². The van der Waals surface area contributed by atoms with E-state index in [1.54, 1.807) is 0 Å². The smallest absolute Gasteiger partial charge is 0.260 e. The molecule has 4 aromatic rings. The Morgan fingerprint density at radius 3 is 2.46 bits per heavy atom. The largest absolute Gasteiger partial charge is 0.306 e. The maximum Gasteiger partial charge on any atom is 0.260 e. The van der Waals surface area contributed by atoms with E-state index in [0.717, 1.165) is 27.1 Å². The van der Waals surface area contributed by atoms with Crippen molar-refractivity contribution in [3.63, 3.8) is 0 Å². The van der Waals surface area contributed by atoms with Crippen LogP contribution in [0.2, 0.25) is 0 Å². The lowest BCUT2D eigenvalue weighted by molar-refractivity contribution is 1.18. The molecule has 3 nitrogen and oxygen atoms in total. The number of nitrogens with one attached hydrogen (secondary N) is 1. The molecular weight excluding hydrogens is 316 g/mol. The molecule has 0 aliphatic rings. The first kappa shape index (κ1) is 14.8. The van der Waals surface area contributed by atoms with Crippen molar-refractivity contribution in [2.45, 2.75) is 13.8 Å². The van der Waals surface area contributed by atoms with Gasteiger partial charge in [0.2, 0.25) is 0 Å². The average molecular weight is 332 g/mol. The molecule has 4 rings (SSSR count). The van der Waals surface area contributed by atoms with Gasteiger partial charge in [0, 0.05) is 16.5 Å². The molecule has 0 aliphatic heterocycles. The number of rotatable bonds is 2. The molecule has 0 spiro atoms. The van der Waals surface area contributed by atoms with Gasteiger partial charge in [0.05, 0.1) is 5.39 Å². The second-order valence-corrected chi connectivity index (χ2v) is 6.78. The predicted molar refractivity (Wildman–Crippen MR) is 101 cm³/mol. The third-order valence-corrected chi connectivity index (χ3v) is 5.08. The predicted octanol–water partition coefficient (Wildman–Crippen LogP) is 4.94. The van der Waals surface area contributed by atoms with Crippen molar-refractivity contribution in [3.05, 3.63) is 75.4 Å². The van der Waals surface area contributed by atoms with Crippen LogP contribution in [0, 0.1) is 13.8 Å². The van der Waals surface area contributed by atoms with E-state index < -0.39 is 0 Å². The van der Waals surface area contributed by atoms with Crippen LogP contribution in [-0.4, -0.2) is 9.97 Å². The van der Waals surface area contributed by atoms with Gasteiger partial charge in [0.1, 0.15) is 10.7 Å². The van der Waals surface area contributed by atoms with Crippen LogP contribution in [0.15, 0.2) is 58.7 Å². The zero-order valence-corrected chi connectivity index (χ0v) is 14.3. The molecule has 0 aliphatic carbocycles. The summed E-state index contributed by atoms with van der Waals surface area (Å²) in [6.45, 7) is 4.07. The van der Waals surface area contributed by atoms with Crippen molar-refractivity contribution in [2.24, 2.45) is 0 Å². The van der Waals surface area contributed by atoms with E-state index in [4.69, 9.17) is 4.98 Å². The van der Waals surface area contributed by atoms with Gasteiger partial charge in [-0.2, -0.15) is 0 Å². The van der Waals surface area contributed by atoms with Gasteiger partial charge >= 0.3 is 0 Å². The second-order valence-electron chi connectivity index (χ2n) is 5.93. The minimum absolute atomic E-state index is 0.0879. The van der Waals surface area contributed by atoms with E-state index in [9.17, 15) is 4.79 Å². The molecule has 4 heteroatoms. The molecule has 0 bridgehead atoms. The highest BCUT2D eigenvalue weighted by molar-refractivity contribution is 7.17. The standard InChI is InChI=1S/C20H16N2OS/c1-12-7-9-14(10-8-12)16-11-24-20-17(16)19(23)21-18(22-20)15-6-4-3-5-13(15)2/h3-11H,1-2H3,(H,21,22,23). The minimum Gasteiger partial charge on any atom is -0.306 e. The SMILES string of the molecule is Cc1ccc(-c2csc3nc(-c4ccccc4C)[nH]c(=O)c23)cc1. The van der Waals surface area contributed by atoms with E-state index in [1.807, 2.05) is 48.7 Å². The number of benzene rings is 2. The fraction of sp³-hybridized carbons (Fsp3) is 0.100. The Hall–Kier alpha value is -2.72. The van der Waals surface area contributed by atoms with Crippen LogP contribution in [0.25, 0.3) is 32.7 Å². The highest BCUT2D eigenvalue weighted by Gasteiger charge is 2.14. The number of hydrogen-bond acceptors (Lipinski definition) is 3. The molecule has 1 N–H and O–H groups in total. The van der Waals surface area contributed by atoms with Crippen LogP contribution in [0.1, 0.15) is 11.1 Å². The van der Waals surface area contributed by atoms with Crippen molar-refractivity contribution in [3.8, 4) is 22.5 Å². The Kier molecular flexibility index (Phi) is 3.54. The molecular formula is C20H16N2OS. The van der Waals surface area contributed by atoms with Crippen molar-refractivity contribution in [1.29, 1.82) is 0 Å². The molecule has 0 radical (unpaired) electrons. The first-order chi connectivity index (χ1) is 11.6. The van der Waals surface area contributed by atoms with Crippen molar-refractivity contribution in [2.75, 3.05) is 0 Å². The number of thiophene rings is 1. The Labute approximate surface area is 143 Å². The first-order valence-electron chi connectivity index (χ1n) is 7.78. The minimum atomic E-state index is -0.0879. The summed E-state index contributed by atoms with van der Waals surface area (Å²) in [5.41, 5.74) is 5.15. The molecule has 0 atom stereocenters. The maximum absolute atomic E-state index is 12.7. The fourth-order valence-electron chi connectivity index (χ4n) is 2.86. The quantitative estimate of drug-likeness (QED) is 0.565. The molecule has 118 valence electrons. The lowest BCUT2D eigenvalue weighted by atomic mass is 10.0. The average Bonchev–Trinajstić information content (AvgIpc) is 3.00. The van der Waals surface area contributed by atoms with Crippen LogP contribution in [0.5, 0.6) is 0 Å². The van der Waals surface area contributed by atoms with Crippen LogP contribution >= 0.6 is 11.3 Å². The molecule has 0 amide bonds. The lowest BCUT2D eigenvalue weighted by Crippen LogP contribution is -2.09. The third-order valence-electron chi connectivity index (χ3n) is 4.21. The van der Waals surface area contributed by atoms with Crippen LogP contribution in [-0.2, 0) is 0 Å². The van der Waals surface area contributed by atoms with Gasteiger partial charge in [-0.3, -0.25) is 4.79 Å². The van der Waals surface area contributed by atoms with Crippen LogP contribution < -0.4 is 5.56 Å². The highest BCUT2D eigenvalue weighted by Crippen LogP contribution is 2.32. The number of nitrogens with zero attached hydrogens (tertiary/aromatic N) is 1. The van der Waals surface area contributed by atoms with Gasteiger partial charge in [-0.15, -0.1) is 11.3 Å². The number of aromatic amines is 1. The van der Waals surface area contributed by atoms with Crippen molar-refractivity contribution < 1.29 is 0 Å².